The average Bonchev–Trinajstić information content (AvgIpc) is 2.65. The highest BCUT2D eigenvalue weighted by Crippen LogP contribution is 2.26. The standard InChI is InChI=1S/C21H23FN4O/c1-3-27-19-7-5-4-6-18(19)25-21-24-15(2)14-20(26-21)23-13-12-16-8-10-17(22)11-9-16/h4-11,14H,3,12-13H2,1-2H3,(H2,23,24,25,26). The molecule has 140 valence electrons. The number of ether oxygens (including phenoxy) is 1. The monoisotopic (exact) mass is 366 g/mol. The minimum absolute atomic E-state index is 0.221. The highest BCUT2D eigenvalue weighted by molar-refractivity contribution is 5.63. The van der Waals surface area contributed by atoms with Crippen LogP contribution in [0.3, 0.4) is 0 Å². The quantitative estimate of drug-likeness (QED) is 0.604. The topological polar surface area (TPSA) is 59.1 Å². The van der Waals surface area contributed by atoms with Crippen molar-refractivity contribution in [2.24, 2.45) is 0 Å². The minimum atomic E-state index is -0.221. The van der Waals surface area contributed by atoms with Gasteiger partial charge in [-0.2, -0.15) is 4.98 Å². The lowest BCUT2D eigenvalue weighted by molar-refractivity contribution is 0.342. The molecule has 27 heavy (non-hydrogen) atoms. The summed E-state index contributed by atoms with van der Waals surface area (Å²) in [6.07, 6.45) is 0.777. The van der Waals surface area contributed by atoms with Gasteiger partial charge in [-0.15, -0.1) is 0 Å². The van der Waals surface area contributed by atoms with Crippen molar-refractivity contribution in [2.75, 3.05) is 23.8 Å². The number of aromatic nitrogens is 2. The van der Waals surface area contributed by atoms with Crippen LogP contribution in [0.15, 0.2) is 54.6 Å². The van der Waals surface area contributed by atoms with E-state index >= 15 is 0 Å². The third-order valence-corrected chi connectivity index (χ3v) is 3.92. The maximum atomic E-state index is 13.0. The molecule has 0 spiro atoms. The van der Waals surface area contributed by atoms with Crippen LogP contribution in [0.2, 0.25) is 0 Å². The molecule has 2 aromatic carbocycles. The first-order chi connectivity index (χ1) is 13.1. The van der Waals surface area contributed by atoms with Gasteiger partial charge in [0.1, 0.15) is 17.4 Å². The van der Waals surface area contributed by atoms with Gasteiger partial charge >= 0.3 is 0 Å². The van der Waals surface area contributed by atoms with Gasteiger partial charge < -0.3 is 15.4 Å². The van der Waals surface area contributed by atoms with Gasteiger partial charge in [-0.3, -0.25) is 0 Å². The molecule has 3 rings (SSSR count). The predicted octanol–water partition coefficient (Wildman–Crippen LogP) is 4.72. The Balaban J connectivity index is 1.66. The summed E-state index contributed by atoms with van der Waals surface area (Å²) in [5, 5.41) is 6.52. The number of rotatable bonds is 8. The Bertz CT molecular complexity index is 884. The molecule has 0 aliphatic carbocycles. The van der Waals surface area contributed by atoms with Crippen LogP contribution < -0.4 is 15.4 Å². The van der Waals surface area contributed by atoms with Gasteiger partial charge in [-0.05, 0) is 50.1 Å². The second-order valence-electron chi connectivity index (χ2n) is 6.08. The number of halogens is 1. The van der Waals surface area contributed by atoms with Crippen LogP contribution >= 0.6 is 0 Å². The van der Waals surface area contributed by atoms with Gasteiger partial charge in [0.15, 0.2) is 0 Å². The van der Waals surface area contributed by atoms with E-state index in [1.165, 1.54) is 12.1 Å². The van der Waals surface area contributed by atoms with Crippen LogP contribution in [0.25, 0.3) is 0 Å². The molecule has 0 radical (unpaired) electrons. The molecule has 2 N–H and O–H groups in total. The summed E-state index contributed by atoms with van der Waals surface area (Å²) < 4.78 is 18.6. The molecule has 5 nitrogen and oxygen atoms in total. The van der Waals surface area contributed by atoms with Crippen LogP contribution in [0.4, 0.5) is 21.8 Å². The van der Waals surface area contributed by atoms with Crippen molar-refractivity contribution >= 4 is 17.5 Å². The van der Waals surface area contributed by atoms with Crippen LogP contribution in [0.5, 0.6) is 5.75 Å². The lowest BCUT2D eigenvalue weighted by Gasteiger charge is -2.13. The number of para-hydroxylation sites is 2. The van der Waals surface area contributed by atoms with Crippen molar-refractivity contribution in [3.05, 3.63) is 71.7 Å². The molecule has 0 fully saturated rings. The normalized spacial score (nSPS) is 10.5. The third-order valence-electron chi connectivity index (χ3n) is 3.92. The average molecular weight is 366 g/mol. The molecule has 1 heterocycles. The Hall–Kier alpha value is -3.15. The second kappa shape index (κ2) is 8.98. The van der Waals surface area contributed by atoms with Crippen LogP contribution in [-0.2, 0) is 6.42 Å². The maximum Gasteiger partial charge on any atom is 0.229 e. The summed E-state index contributed by atoms with van der Waals surface area (Å²) in [5.41, 5.74) is 2.74. The molecule has 3 aromatic rings. The first kappa shape index (κ1) is 18.6. The largest absolute Gasteiger partial charge is 0.492 e. The van der Waals surface area contributed by atoms with E-state index in [9.17, 15) is 4.39 Å². The number of nitrogens with zero attached hydrogens (tertiary/aromatic N) is 2. The van der Waals surface area contributed by atoms with Gasteiger partial charge in [-0.25, -0.2) is 9.37 Å². The van der Waals surface area contributed by atoms with E-state index in [1.807, 2.05) is 44.2 Å². The summed E-state index contributed by atoms with van der Waals surface area (Å²) in [6.45, 7) is 5.15. The molecule has 0 unspecified atom stereocenters. The zero-order valence-electron chi connectivity index (χ0n) is 15.5. The van der Waals surface area contributed by atoms with Crippen LogP contribution in [0, 0.1) is 12.7 Å². The summed E-state index contributed by atoms with van der Waals surface area (Å²) in [5.74, 6) is 1.78. The molecule has 0 saturated carbocycles. The lowest BCUT2D eigenvalue weighted by atomic mass is 10.1. The van der Waals surface area contributed by atoms with Gasteiger partial charge in [0.05, 0.1) is 12.3 Å². The predicted molar refractivity (Wildman–Crippen MR) is 106 cm³/mol. The zero-order valence-corrected chi connectivity index (χ0v) is 15.5. The van der Waals surface area contributed by atoms with Crippen molar-refractivity contribution in [3.8, 4) is 5.75 Å². The van der Waals surface area contributed by atoms with E-state index in [0.29, 0.717) is 19.1 Å². The fraction of sp³-hybridized carbons (Fsp3) is 0.238. The summed E-state index contributed by atoms with van der Waals surface area (Å²) in [7, 11) is 0. The molecule has 0 atom stereocenters. The third kappa shape index (κ3) is 5.41. The zero-order chi connectivity index (χ0) is 19.1. The van der Waals surface area contributed by atoms with E-state index in [0.717, 1.165) is 34.9 Å². The Kier molecular flexibility index (Phi) is 6.20. The maximum absolute atomic E-state index is 13.0. The van der Waals surface area contributed by atoms with Gasteiger partial charge in [0.2, 0.25) is 5.95 Å². The van der Waals surface area contributed by atoms with Crippen molar-refractivity contribution in [1.29, 1.82) is 0 Å². The molecule has 6 heteroatoms. The molecule has 0 amide bonds. The second-order valence-corrected chi connectivity index (χ2v) is 6.08. The minimum Gasteiger partial charge on any atom is -0.492 e. The van der Waals surface area contributed by atoms with Gasteiger partial charge in [0, 0.05) is 18.3 Å². The number of hydrogen-bond acceptors (Lipinski definition) is 5. The highest BCUT2D eigenvalue weighted by atomic mass is 19.1. The Labute approximate surface area is 158 Å². The van der Waals surface area contributed by atoms with E-state index in [4.69, 9.17) is 4.74 Å². The summed E-state index contributed by atoms with van der Waals surface area (Å²) >= 11 is 0. The number of hydrogen-bond donors (Lipinski definition) is 2. The Morgan fingerprint density at radius 1 is 1.04 bits per heavy atom. The van der Waals surface area contributed by atoms with E-state index in [1.54, 1.807) is 12.1 Å². The van der Waals surface area contributed by atoms with E-state index in [2.05, 4.69) is 20.6 Å². The molecule has 0 aliphatic heterocycles. The van der Waals surface area contributed by atoms with Crippen molar-refractivity contribution in [2.45, 2.75) is 20.3 Å². The van der Waals surface area contributed by atoms with Crippen molar-refractivity contribution < 1.29 is 9.13 Å². The number of aryl methyl sites for hydroxylation is 1. The first-order valence-electron chi connectivity index (χ1n) is 8.97. The van der Waals surface area contributed by atoms with E-state index < -0.39 is 0 Å². The van der Waals surface area contributed by atoms with Crippen LogP contribution in [0.1, 0.15) is 18.2 Å². The number of benzene rings is 2. The molecular weight excluding hydrogens is 343 g/mol. The Morgan fingerprint density at radius 3 is 2.59 bits per heavy atom. The van der Waals surface area contributed by atoms with E-state index in [-0.39, 0.29) is 5.82 Å². The molecular formula is C21H23FN4O. The molecule has 1 aromatic heterocycles. The fourth-order valence-electron chi connectivity index (χ4n) is 2.67. The number of anilines is 3. The van der Waals surface area contributed by atoms with Crippen LogP contribution in [-0.4, -0.2) is 23.1 Å². The highest BCUT2D eigenvalue weighted by Gasteiger charge is 2.07. The SMILES string of the molecule is CCOc1ccccc1Nc1nc(C)cc(NCCc2ccc(F)cc2)n1. The fourth-order valence-corrected chi connectivity index (χ4v) is 2.67. The first-order valence-corrected chi connectivity index (χ1v) is 8.97. The lowest BCUT2D eigenvalue weighted by Crippen LogP contribution is -2.09. The van der Waals surface area contributed by atoms with Gasteiger partial charge in [-0.1, -0.05) is 24.3 Å². The van der Waals surface area contributed by atoms with Crippen molar-refractivity contribution in [3.63, 3.8) is 0 Å². The number of nitrogens with one attached hydrogen (secondary N) is 2. The Morgan fingerprint density at radius 2 is 1.81 bits per heavy atom. The molecule has 0 bridgehead atoms. The summed E-state index contributed by atoms with van der Waals surface area (Å²) in [6, 6.07) is 16.1. The smallest absolute Gasteiger partial charge is 0.229 e. The van der Waals surface area contributed by atoms with Gasteiger partial charge in [0.25, 0.3) is 0 Å². The molecule has 0 aliphatic rings. The van der Waals surface area contributed by atoms with Crippen molar-refractivity contribution in [1.82, 2.24) is 9.97 Å². The molecule has 0 saturated heterocycles. The summed E-state index contributed by atoms with van der Waals surface area (Å²) in [4.78, 5) is 8.97.